The van der Waals surface area contributed by atoms with E-state index in [9.17, 15) is 9.18 Å². The zero-order chi connectivity index (χ0) is 17.5. The minimum atomic E-state index is -0.248. The summed E-state index contributed by atoms with van der Waals surface area (Å²) in [5.74, 6) is 0.481. The third-order valence-corrected chi connectivity index (χ3v) is 5.24. The summed E-state index contributed by atoms with van der Waals surface area (Å²) in [5, 5.41) is 3.03. The largest absolute Gasteiger partial charge is 0.325 e. The van der Waals surface area contributed by atoms with Crippen LogP contribution in [0.5, 0.6) is 0 Å². The van der Waals surface area contributed by atoms with Crippen molar-refractivity contribution in [1.82, 2.24) is 0 Å². The van der Waals surface area contributed by atoms with Crippen molar-refractivity contribution in [2.75, 3.05) is 11.1 Å². The molecule has 0 fully saturated rings. The Morgan fingerprint density at radius 3 is 2.38 bits per heavy atom. The minimum Gasteiger partial charge on any atom is -0.325 e. The summed E-state index contributed by atoms with van der Waals surface area (Å²) >= 11 is 4.65. The van der Waals surface area contributed by atoms with Gasteiger partial charge in [0, 0.05) is 15.9 Å². The lowest BCUT2D eigenvalue weighted by Gasteiger charge is -2.14. The molecule has 0 aliphatic rings. The highest BCUT2D eigenvalue weighted by Gasteiger charge is 2.11. The number of hydrogen-bond donors (Lipinski definition) is 1. The number of rotatable bonds is 7. The molecular formula is C19H21BrFNOS. The Morgan fingerprint density at radius 1 is 1.12 bits per heavy atom. The van der Waals surface area contributed by atoms with Crippen molar-refractivity contribution in [1.29, 1.82) is 0 Å². The monoisotopic (exact) mass is 409 g/mol. The van der Waals surface area contributed by atoms with Crippen LogP contribution in [0.3, 0.4) is 0 Å². The van der Waals surface area contributed by atoms with Gasteiger partial charge in [-0.3, -0.25) is 4.79 Å². The standard InChI is InChI=1S/C19H21BrFNOS/c1-3-13-6-5-7-14(4-2)19(13)22-18(23)12-24-11-15-8-9-16(20)10-17(15)21/h5-10H,3-4,11-12H2,1-2H3,(H,22,23). The van der Waals surface area contributed by atoms with E-state index < -0.39 is 0 Å². The highest BCUT2D eigenvalue weighted by Crippen LogP contribution is 2.24. The van der Waals surface area contributed by atoms with Gasteiger partial charge in [-0.05, 0) is 41.7 Å². The fraction of sp³-hybridized carbons (Fsp3) is 0.316. The number of carbonyl (C=O) groups is 1. The van der Waals surface area contributed by atoms with Crippen molar-refractivity contribution in [3.63, 3.8) is 0 Å². The fourth-order valence-electron chi connectivity index (χ4n) is 2.47. The zero-order valence-corrected chi connectivity index (χ0v) is 16.3. The van der Waals surface area contributed by atoms with Crippen LogP contribution in [0.2, 0.25) is 0 Å². The highest BCUT2D eigenvalue weighted by molar-refractivity contribution is 9.10. The number of carbonyl (C=O) groups excluding carboxylic acids is 1. The van der Waals surface area contributed by atoms with E-state index in [0.29, 0.717) is 17.1 Å². The van der Waals surface area contributed by atoms with Gasteiger partial charge in [0.15, 0.2) is 0 Å². The van der Waals surface area contributed by atoms with Gasteiger partial charge < -0.3 is 5.32 Å². The summed E-state index contributed by atoms with van der Waals surface area (Å²) in [7, 11) is 0. The molecule has 2 aromatic rings. The second-order valence-electron chi connectivity index (χ2n) is 5.44. The number of nitrogens with one attached hydrogen (secondary N) is 1. The van der Waals surface area contributed by atoms with Crippen LogP contribution in [0, 0.1) is 5.82 Å². The Labute approximate surface area is 155 Å². The molecule has 24 heavy (non-hydrogen) atoms. The van der Waals surface area contributed by atoms with E-state index in [1.165, 1.54) is 17.8 Å². The molecule has 1 amide bonds. The van der Waals surface area contributed by atoms with Crippen molar-refractivity contribution in [2.24, 2.45) is 0 Å². The lowest BCUT2D eigenvalue weighted by atomic mass is 10.0. The molecule has 2 rings (SSSR count). The van der Waals surface area contributed by atoms with Gasteiger partial charge >= 0.3 is 0 Å². The number of amides is 1. The zero-order valence-electron chi connectivity index (χ0n) is 13.9. The number of aryl methyl sites for hydroxylation is 2. The number of benzene rings is 2. The van der Waals surface area contributed by atoms with Gasteiger partial charge in [0.2, 0.25) is 5.91 Å². The molecule has 5 heteroatoms. The first-order valence-electron chi connectivity index (χ1n) is 7.97. The van der Waals surface area contributed by atoms with Gasteiger partial charge in [0.1, 0.15) is 5.82 Å². The van der Waals surface area contributed by atoms with E-state index in [1.807, 2.05) is 24.3 Å². The minimum absolute atomic E-state index is 0.0480. The molecule has 0 aliphatic carbocycles. The lowest BCUT2D eigenvalue weighted by Crippen LogP contribution is -2.17. The average Bonchev–Trinajstić information content (AvgIpc) is 2.57. The summed E-state index contributed by atoms with van der Waals surface area (Å²) in [4.78, 5) is 12.2. The number of anilines is 1. The maximum absolute atomic E-state index is 13.8. The maximum Gasteiger partial charge on any atom is 0.234 e. The molecule has 0 aliphatic heterocycles. The normalized spacial score (nSPS) is 10.7. The second-order valence-corrected chi connectivity index (χ2v) is 7.34. The van der Waals surface area contributed by atoms with Crippen LogP contribution in [0.25, 0.3) is 0 Å². The van der Waals surface area contributed by atoms with Crippen LogP contribution in [0.4, 0.5) is 10.1 Å². The molecule has 0 bridgehead atoms. The first-order chi connectivity index (χ1) is 11.5. The van der Waals surface area contributed by atoms with Crippen molar-refractivity contribution >= 4 is 39.3 Å². The van der Waals surface area contributed by atoms with Crippen LogP contribution in [0.1, 0.15) is 30.5 Å². The molecule has 0 heterocycles. The highest BCUT2D eigenvalue weighted by atomic mass is 79.9. The van der Waals surface area contributed by atoms with E-state index in [4.69, 9.17) is 0 Å². The number of hydrogen-bond acceptors (Lipinski definition) is 2. The van der Waals surface area contributed by atoms with Crippen LogP contribution < -0.4 is 5.32 Å². The van der Waals surface area contributed by atoms with Crippen LogP contribution in [0.15, 0.2) is 40.9 Å². The third-order valence-electron chi connectivity index (χ3n) is 3.77. The topological polar surface area (TPSA) is 29.1 Å². The Hall–Kier alpha value is -1.33. The SMILES string of the molecule is CCc1cccc(CC)c1NC(=O)CSCc1ccc(Br)cc1F. The molecule has 0 radical (unpaired) electrons. The Kier molecular flexibility index (Phi) is 7.31. The van der Waals surface area contributed by atoms with Crippen LogP contribution in [-0.2, 0) is 23.4 Å². The lowest BCUT2D eigenvalue weighted by molar-refractivity contribution is -0.113. The molecule has 128 valence electrons. The second kappa shape index (κ2) is 9.23. The van der Waals surface area contributed by atoms with E-state index in [-0.39, 0.29) is 11.7 Å². The number of halogens is 2. The van der Waals surface area contributed by atoms with E-state index in [2.05, 4.69) is 35.1 Å². The smallest absolute Gasteiger partial charge is 0.234 e. The fourth-order valence-corrected chi connectivity index (χ4v) is 3.62. The molecule has 0 saturated carbocycles. The van der Waals surface area contributed by atoms with Crippen molar-refractivity contribution in [2.45, 2.75) is 32.4 Å². The molecule has 1 N–H and O–H groups in total. The van der Waals surface area contributed by atoms with Crippen molar-refractivity contribution in [3.8, 4) is 0 Å². The molecule has 0 atom stereocenters. The first-order valence-corrected chi connectivity index (χ1v) is 9.92. The predicted octanol–water partition coefficient (Wildman–Crippen LogP) is 5.58. The van der Waals surface area contributed by atoms with Gasteiger partial charge in [0.25, 0.3) is 0 Å². The van der Waals surface area contributed by atoms with Gasteiger partial charge in [-0.25, -0.2) is 4.39 Å². The molecule has 0 aromatic heterocycles. The summed E-state index contributed by atoms with van der Waals surface area (Å²) in [6, 6.07) is 11.1. The predicted molar refractivity (Wildman–Crippen MR) is 104 cm³/mol. The summed E-state index contributed by atoms with van der Waals surface area (Å²) in [6.07, 6.45) is 1.75. The van der Waals surface area contributed by atoms with Crippen LogP contribution in [-0.4, -0.2) is 11.7 Å². The molecule has 0 saturated heterocycles. The first kappa shape index (κ1) is 19.0. The van der Waals surface area contributed by atoms with E-state index >= 15 is 0 Å². The van der Waals surface area contributed by atoms with E-state index in [0.717, 1.165) is 34.1 Å². The Morgan fingerprint density at radius 2 is 1.79 bits per heavy atom. The maximum atomic E-state index is 13.8. The van der Waals surface area contributed by atoms with Gasteiger partial charge in [0.05, 0.1) is 5.75 Å². The van der Waals surface area contributed by atoms with Gasteiger partial charge in [-0.1, -0.05) is 54.0 Å². The molecule has 0 spiro atoms. The Bertz CT molecular complexity index is 698. The third kappa shape index (κ3) is 5.08. The van der Waals surface area contributed by atoms with Gasteiger partial charge in [-0.2, -0.15) is 0 Å². The summed E-state index contributed by atoms with van der Waals surface area (Å²) in [6.45, 7) is 4.16. The molecule has 2 aromatic carbocycles. The average molecular weight is 410 g/mol. The number of para-hydroxylation sites is 1. The summed E-state index contributed by atoms with van der Waals surface area (Å²) < 4.78 is 14.5. The molecule has 0 unspecified atom stereocenters. The number of thioether (sulfide) groups is 1. The molecule has 2 nitrogen and oxygen atoms in total. The van der Waals surface area contributed by atoms with Crippen LogP contribution >= 0.6 is 27.7 Å². The van der Waals surface area contributed by atoms with Crippen molar-refractivity contribution < 1.29 is 9.18 Å². The van der Waals surface area contributed by atoms with Gasteiger partial charge in [-0.15, -0.1) is 11.8 Å². The summed E-state index contributed by atoms with van der Waals surface area (Å²) in [5.41, 5.74) is 3.83. The quantitative estimate of drug-likeness (QED) is 0.645. The van der Waals surface area contributed by atoms with Crippen molar-refractivity contribution in [3.05, 3.63) is 63.4 Å². The molecular weight excluding hydrogens is 389 g/mol. The van der Waals surface area contributed by atoms with E-state index in [1.54, 1.807) is 6.07 Å². The Balaban J connectivity index is 1.94.